The lowest BCUT2D eigenvalue weighted by Gasteiger charge is -2.43. The highest BCUT2D eigenvalue weighted by atomic mass is 32.3. The normalized spacial score (nSPS) is 20.0. The summed E-state index contributed by atoms with van der Waals surface area (Å²) in [6.45, 7) is 8.71. The van der Waals surface area contributed by atoms with Gasteiger partial charge >= 0.3 is 46.3 Å². The topological polar surface area (TPSA) is 241 Å². The summed E-state index contributed by atoms with van der Waals surface area (Å²) >= 11 is 0. The molecule has 1 fully saturated rings. The monoisotopic (exact) mass is 797 g/mol. The number of rotatable bonds is 15. The van der Waals surface area contributed by atoms with E-state index in [4.69, 9.17) is 46.3 Å². The lowest BCUT2D eigenvalue weighted by Crippen LogP contribution is -2.63. The Morgan fingerprint density at radius 1 is 0.764 bits per heavy atom. The van der Waals surface area contributed by atoms with Crippen LogP contribution in [-0.4, -0.2) is 100 Å². The van der Waals surface area contributed by atoms with E-state index >= 15 is 0 Å². The minimum Gasteiger partial charge on any atom is -0.467 e. The number of amides is 1. The molecule has 55 heavy (non-hydrogen) atoms. The minimum absolute atomic E-state index is 0.0423. The Balaban J connectivity index is 1.84. The Bertz CT molecular complexity index is 1810. The van der Waals surface area contributed by atoms with Crippen LogP contribution in [0.15, 0.2) is 48.5 Å². The van der Waals surface area contributed by atoms with Crippen LogP contribution in [0.3, 0.4) is 0 Å². The van der Waals surface area contributed by atoms with Crippen LogP contribution in [0.5, 0.6) is 17.2 Å². The Morgan fingerprint density at radius 2 is 1.33 bits per heavy atom. The fourth-order valence-electron chi connectivity index (χ4n) is 4.97. The van der Waals surface area contributed by atoms with Gasteiger partial charge in [-0.2, -0.15) is 0 Å². The first-order valence-electron chi connectivity index (χ1n) is 16.5. The number of hydrogen-bond acceptors (Lipinski definition) is 18. The Morgan fingerprint density at radius 3 is 1.87 bits per heavy atom. The average Bonchev–Trinajstić information content (AvgIpc) is 3.05. The molecule has 1 saturated heterocycles. The first-order valence-corrected chi connectivity index (χ1v) is 17.9. The van der Waals surface area contributed by atoms with Gasteiger partial charge in [-0.1, -0.05) is 24.3 Å². The van der Waals surface area contributed by atoms with E-state index in [2.05, 4.69) is 5.32 Å². The van der Waals surface area contributed by atoms with Crippen molar-refractivity contribution in [3.05, 3.63) is 54.1 Å². The molecular formula is C35H43NO18S. The third kappa shape index (κ3) is 14.3. The number of benzene rings is 2. The summed E-state index contributed by atoms with van der Waals surface area (Å²) in [6, 6.07) is 9.64. The van der Waals surface area contributed by atoms with E-state index in [9.17, 15) is 37.2 Å². The molecule has 0 radical (unpaired) electrons. The highest BCUT2D eigenvalue weighted by Crippen LogP contribution is 2.35. The molecule has 0 aromatic heterocycles. The van der Waals surface area contributed by atoms with Crippen molar-refractivity contribution in [3.8, 4) is 17.2 Å². The van der Waals surface area contributed by atoms with E-state index in [0.717, 1.165) is 34.8 Å². The standard InChI is InChI=1S/C35H43NO18S/c1-19(37)46-18-28-29(47-20(2)38)30(48-21(3)39)31(49-22(4)40)33(51-28)50-26-11-9-10-12-27(26)54-55(43,44)53-24-15-13-23(14-16-24)17-25(32(41)45-8)36-34(42)52-35(5,6)7/h9-16,25,28-31,33H,17-18H2,1-8H3,(H,36,42)/t25?,28-,29+,30+,31-,33-/m1/s1. The second-order valence-electron chi connectivity index (χ2n) is 12.8. The van der Waals surface area contributed by atoms with Crippen LogP contribution >= 0.6 is 0 Å². The molecule has 0 aliphatic carbocycles. The van der Waals surface area contributed by atoms with Gasteiger partial charge in [0.1, 0.15) is 30.1 Å². The number of esters is 5. The molecule has 3 rings (SSSR count). The van der Waals surface area contributed by atoms with Crippen molar-refractivity contribution in [3.63, 3.8) is 0 Å². The highest BCUT2D eigenvalue weighted by molar-refractivity contribution is 7.82. The molecule has 2 aromatic rings. The van der Waals surface area contributed by atoms with Crippen molar-refractivity contribution in [1.82, 2.24) is 5.32 Å². The molecule has 302 valence electrons. The van der Waals surface area contributed by atoms with Gasteiger partial charge in [-0.15, -0.1) is 8.42 Å². The maximum Gasteiger partial charge on any atom is 0.501 e. The second kappa shape index (κ2) is 19.1. The second-order valence-corrected chi connectivity index (χ2v) is 13.9. The van der Waals surface area contributed by atoms with Gasteiger partial charge in [-0.05, 0) is 50.6 Å². The molecule has 1 aliphatic heterocycles. The molecule has 0 bridgehead atoms. The van der Waals surface area contributed by atoms with Crippen molar-refractivity contribution in [1.29, 1.82) is 0 Å². The van der Waals surface area contributed by atoms with Gasteiger partial charge in [0.05, 0.1) is 7.11 Å². The molecule has 2 aromatic carbocycles. The first-order chi connectivity index (χ1) is 25.7. The van der Waals surface area contributed by atoms with E-state index in [1.54, 1.807) is 20.8 Å². The Hall–Kier alpha value is -5.63. The maximum absolute atomic E-state index is 13.1. The summed E-state index contributed by atoms with van der Waals surface area (Å²) in [7, 11) is -3.73. The van der Waals surface area contributed by atoms with Crippen molar-refractivity contribution in [2.45, 2.75) is 97.2 Å². The zero-order valence-corrected chi connectivity index (χ0v) is 32.1. The van der Waals surface area contributed by atoms with Crippen LogP contribution in [0.25, 0.3) is 0 Å². The summed E-state index contributed by atoms with van der Waals surface area (Å²) in [4.78, 5) is 72.6. The first kappa shape index (κ1) is 43.8. The highest BCUT2D eigenvalue weighted by Gasteiger charge is 2.53. The zero-order chi connectivity index (χ0) is 41.1. The maximum atomic E-state index is 13.1. The summed E-state index contributed by atoms with van der Waals surface area (Å²) in [5.74, 6) is -4.98. The number of nitrogens with one attached hydrogen (secondary N) is 1. The van der Waals surface area contributed by atoms with Crippen LogP contribution in [0, 0.1) is 0 Å². The number of carbonyl (C=O) groups excluding carboxylic acids is 6. The fraction of sp³-hybridized carbons (Fsp3) is 0.486. The molecule has 19 nitrogen and oxygen atoms in total. The average molecular weight is 798 g/mol. The largest absolute Gasteiger partial charge is 0.501 e. The van der Waals surface area contributed by atoms with E-state index in [-0.39, 0.29) is 17.9 Å². The number of hydrogen-bond donors (Lipinski definition) is 1. The molecular weight excluding hydrogens is 754 g/mol. The SMILES string of the molecule is COC(=O)C(Cc1ccc(OS(=O)(=O)Oc2ccccc2O[C@@H]2O[C@H](COC(C)=O)[C@H](OC(C)=O)[C@H](OC(C)=O)[C@H]2OC(C)=O)cc1)NC(=O)OC(C)(C)C. The summed E-state index contributed by atoms with van der Waals surface area (Å²) < 4.78 is 79.5. The fourth-order valence-corrected chi connectivity index (χ4v) is 5.71. The molecule has 0 spiro atoms. The predicted molar refractivity (Wildman–Crippen MR) is 185 cm³/mol. The lowest BCUT2D eigenvalue weighted by molar-refractivity contribution is -0.288. The van der Waals surface area contributed by atoms with Gasteiger partial charge in [0.25, 0.3) is 0 Å². The van der Waals surface area contributed by atoms with E-state index in [1.807, 2.05) is 0 Å². The van der Waals surface area contributed by atoms with E-state index in [1.165, 1.54) is 48.5 Å². The zero-order valence-electron chi connectivity index (χ0n) is 31.3. The molecule has 1 amide bonds. The predicted octanol–water partition coefficient (Wildman–Crippen LogP) is 2.46. The van der Waals surface area contributed by atoms with Gasteiger partial charge in [0.15, 0.2) is 23.7 Å². The third-order valence-electron chi connectivity index (χ3n) is 6.97. The van der Waals surface area contributed by atoms with E-state index in [0.29, 0.717) is 5.56 Å². The Kier molecular flexibility index (Phi) is 15.2. The summed E-state index contributed by atoms with van der Waals surface area (Å²) in [6.07, 6.45) is -8.54. The third-order valence-corrected chi connectivity index (χ3v) is 7.75. The van der Waals surface area contributed by atoms with Gasteiger partial charge in [-0.25, -0.2) is 9.59 Å². The van der Waals surface area contributed by atoms with Gasteiger partial charge in [-0.3, -0.25) is 19.2 Å². The number of methoxy groups -OCH3 is 1. The Labute approximate surface area is 317 Å². The van der Waals surface area contributed by atoms with E-state index < -0.39 is 101 Å². The molecule has 20 heteroatoms. The molecule has 1 N–H and O–H groups in total. The van der Waals surface area contributed by atoms with Crippen LogP contribution < -0.4 is 18.4 Å². The number of carbonyl (C=O) groups is 6. The molecule has 0 saturated carbocycles. The van der Waals surface area contributed by atoms with Crippen molar-refractivity contribution in [2.75, 3.05) is 13.7 Å². The van der Waals surface area contributed by atoms with Crippen LogP contribution in [-0.2, 0) is 74.0 Å². The number of para-hydroxylation sites is 2. The number of alkyl carbamates (subject to hydrolysis) is 1. The van der Waals surface area contributed by atoms with Gasteiger partial charge < -0.3 is 51.6 Å². The van der Waals surface area contributed by atoms with Crippen LogP contribution in [0.2, 0.25) is 0 Å². The quantitative estimate of drug-likeness (QED) is 0.201. The van der Waals surface area contributed by atoms with Crippen molar-refractivity contribution >= 4 is 46.3 Å². The number of ether oxygens (including phenoxy) is 8. The van der Waals surface area contributed by atoms with Crippen LogP contribution in [0.4, 0.5) is 4.79 Å². The van der Waals surface area contributed by atoms with Gasteiger partial charge in [0.2, 0.25) is 12.4 Å². The molecule has 1 unspecified atom stereocenters. The van der Waals surface area contributed by atoms with Crippen LogP contribution in [0.1, 0.15) is 54.0 Å². The summed E-state index contributed by atoms with van der Waals surface area (Å²) in [5, 5.41) is 2.44. The van der Waals surface area contributed by atoms with Gasteiger partial charge in [0, 0.05) is 34.1 Å². The lowest BCUT2D eigenvalue weighted by atomic mass is 9.98. The van der Waals surface area contributed by atoms with Crippen molar-refractivity contribution < 1.29 is 83.4 Å². The molecule has 6 atom stereocenters. The summed E-state index contributed by atoms with van der Waals surface area (Å²) in [5.41, 5.74) is -0.333. The molecule has 1 heterocycles. The minimum atomic E-state index is -4.89. The van der Waals surface area contributed by atoms with Crippen molar-refractivity contribution in [2.24, 2.45) is 0 Å². The smallest absolute Gasteiger partial charge is 0.467 e. The molecule has 1 aliphatic rings.